The average molecular weight is 289 g/mol. The third-order valence-corrected chi connectivity index (χ3v) is 3.87. The fraction of sp³-hybridized carbons (Fsp3) is 0.588. The molecule has 1 heterocycles. The Hall–Kier alpha value is -1.55. The van der Waals surface area contributed by atoms with Crippen LogP contribution in [-0.2, 0) is 11.3 Å². The molecule has 116 valence electrons. The van der Waals surface area contributed by atoms with Gasteiger partial charge in [0, 0.05) is 25.3 Å². The van der Waals surface area contributed by atoms with E-state index in [4.69, 9.17) is 0 Å². The van der Waals surface area contributed by atoms with Crippen LogP contribution in [0.4, 0.5) is 5.69 Å². The lowest BCUT2D eigenvalue weighted by Crippen LogP contribution is -2.55. The molecule has 1 aliphatic heterocycles. The van der Waals surface area contributed by atoms with Gasteiger partial charge in [-0.3, -0.25) is 4.79 Å². The van der Waals surface area contributed by atoms with Crippen molar-refractivity contribution in [3.05, 3.63) is 29.8 Å². The van der Waals surface area contributed by atoms with Crippen LogP contribution in [0.5, 0.6) is 0 Å². The number of hydrogen-bond acceptors (Lipinski definition) is 3. The minimum Gasteiger partial charge on any atom is -0.358 e. The van der Waals surface area contributed by atoms with Crippen LogP contribution in [0.15, 0.2) is 24.3 Å². The molecule has 0 aliphatic carbocycles. The van der Waals surface area contributed by atoms with E-state index in [2.05, 4.69) is 60.6 Å². The average Bonchev–Trinajstić information content (AvgIpc) is 2.47. The second-order valence-electron chi connectivity index (χ2n) is 6.10. The molecule has 0 bridgehead atoms. The SMILES string of the molecule is CCC1C(=O)NCCN1c1ccc(CNCC(C)C)cc1. The minimum absolute atomic E-state index is 0.0383. The van der Waals surface area contributed by atoms with Crippen LogP contribution in [0.25, 0.3) is 0 Å². The number of hydrogen-bond donors (Lipinski definition) is 2. The van der Waals surface area contributed by atoms with Gasteiger partial charge in [0.15, 0.2) is 0 Å². The summed E-state index contributed by atoms with van der Waals surface area (Å²) in [5.74, 6) is 0.813. The molecule has 4 heteroatoms. The summed E-state index contributed by atoms with van der Waals surface area (Å²) in [5.41, 5.74) is 2.43. The standard InChI is InChI=1S/C17H27N3O/c1-4-16-17(21)19-9-10-20(16)15-7-5-14(6-8-15)12-18-11-13(2)3/h5-8,13,16,18H,4,9-12H2,1-3H3,(H,19,21). The Bertz CT molecular complexity index is 456. The number of amides is 1. The highest BCUT2D eigenvalue weighted by Crippen LogP contribution is 2.21. The Kier molecular flexibility index (Phi) is 5.62. The molecule has 1 aromatic carbocycles. The molecule has 1 unspecified atom stereocenters. The van der Waals surface area contributed by atoms with Crippen LogP contribution in [0.3, 0.4) is 0 Å². The minimum atomic E-state index is -0.0383. The highest BCUT2D eigenvalue weighted by atomic mass is 16.2. The maximum atomic E-state index is 11.9. The summed E-state index contributed by atoms with van der Waals surface area (Å²) in [7, 11) is 0. The van der Waals surface area contributed by atoms with Gasteiger partial charge in [0.2, 0.25) is 5.91 Å². The molecule has 21 heavy (non-hydrogen) atoms. The summed E-state index contributed by atoms with van der Waals surface area (Å²) in [6, 6.07) is 8.54. The topological polar surface area (TPSA) is 44.4 Å². The Morgan fingerprint density at radius 3 is 2.67 bits per heavy atom. The lowest BCUT2D eigenvalue weighted by molar-refractivity contribution is -0.123. The van der Waals surface area contributed by atoms with Gasteiger partial charge < -0.3 is 15.5 Å². The molecule has 0 radical (unpaired) electrons. The van der Waals surface area contributed by atoms with Crippen molar-refractivity contribution in [1.29, 1.82) is 0 Å². The molecule has 1 atom stereocenters. The Balaban J connectivity index is 1.99. The zero-order chi connectivity index (χ0) is 15.2. The second kappa shape index (κ2) is 7.46. The van der Waals surface area contributed by atoms with Gasteiger partial charge in [0.05, 0.1) is 0 Å². The molecular formula is C17H27N3O. The van der Waals surface area contributed by atoms with Gasteiger partial charge >= 0.3 is 0 Å². The molecule has 1 aliphatic rings. The molecule has 2 rings (SSSR count). The number of piperazine rings is 1. The molecule has 2 N–H and O–H groups in total. The summed E-state index contributed by atoms with van der Waals surface area (Å²) < 4.78 is 0. The molecule has 0 aromatic heterocycles. The number of benzene rings is 1. The highest BCUT2D eigenvalue weighted by molar-refractivity contribution is 5.86. The van der Waals surface area contributed by atoms with Crippen molar-refractivity contribution >= 4 is 11.6 Å². The maximum Gasteiger partial charge on any atom is 0.242 e. The first kappa shape index (κ1) is 15.8. The van der Waals surface area contributed by atoms with Gasteiger partial charge in [-0.2, -0.15) is 0 Å². The van der Waals surface area contributed by atoms with Gasteiger partial charge in [-0.15, -0.1) is 0 Å². The normalized spacial score (nSPS) is 19.0. The molecule has 1 amide bonds. The number of nitrogens with zero attached hydrogens (tertiary/aromatic N) is 1. The fourth-order valence-corrected chi connectivity index (χ4v) is 2.74. The Morgan fingerprint density at radius 1 is 1.33 bits per heavy atom. The summed E-state index contributed by atoms with van der Waals surface area (Å²) in [5, 5.41) is 6.39. The summed E-state index contributed by atoms with van der Waals surface area (Å²) in [6.45, 7) is 10.0. The highest BCUT2D eigenvalue weighted by Gasteiger charge is 2.27. The lowest BCUT2D eigenvalue weighted by Gasteiger charge is -2.36. The third-order valence-electron chi connectivity index (χ3n) is 3.87. The number of anilines is 1. The van der Waals surface area contributed by atoms with Gasteiger partial charge in [0.1, 0.15) is 6.04 Å². The largest absolute Gasteiger partial charge is 0.358 e. The maximum absolute atomic E-state index is 11.9. The summed E-state index contributed by atoms with van der Waals surface area (Å²) >= 11 is 0. The summed E-state index contributed by atoms with van der Waals surface area (Å²) in [6.07, 6.45) is 0.837. The predicted octanol–water partition coefficient (Wildman–Crippen LogP) is 2.15. The molecule has 1 fully saturated rings. The third kappa shape index (κ3) is 4.21. The van der Waals surface area contributed by atoms with Crippen molar-refractivity contribution in [1.82, 2.24) is 10.6 Å². The van der Waals surface area contributed by atoms with Gasteiger partial charge in [-0.05, 0) is 36.6 Å². The monoisotopic (exact) mass is 289 g/mol. The van der Waals surface area contributed by atoms with E-state index >= 15 is 0 Å². The lowest BCUT2D eigenvalue weighted by atomic mass is 10.1. The quantitative estimate of drug-likeness (QED) is 0.843. The van der Waals surface area contributed by atoms with Crippen molar-refractivity contribution in [2.24, 2.45) is 5.92 Å². The van der Waals surface area contributed by atoms with Gasteiger partial charge in [-0.1, -0.05) is 32.9 Å². The van der Waals surface area contributed by atoms with E-state index in [1.165, 1.54) is 5.56 Å². The second-order valence-corrected chi connectivity index (χ2v) is 6.10. The van der Waals surface area contributed by atoms with E-state index in [9.17, 15) is 4.79 Å². The van der Waals surface area contributed by atoms with Crippen molar-refractivity contribution in [3.63, 3.8) is 0 Å². The molecule has 1 aromatic rings. The zero-order valence-electron chi connectivity index (χ0n) is 13.4. The van der Waals surface area contributed by atoms with Crippen molar-refractivity contribution in [3.8, 4) is 0 Å². The molecule has 4 nitrogen and oxygen atoms in total. The van der Waals surface area contributed by atoms with Crippen molar-refractivity contribution in [2.45, 2.75) is 39.8 Å². The van der Waals surface area contributed by atoms with E-state index in [1.54, 1.807) is 0 Å². The van der Waals surface area contributed by atoms with E-state index in [-0.39, 0.29) is 11.9 Å². The van der Waals surface area contributed by atoms with E-state index in [0.717, 1.165) is 38.3 Å². The van der Waals surface area contributed by atoms with Crippen LogP contribution in [-0.4, -0.2) is 31.6 Å². The van der Waals surface area contributed by atoms with E-state index in [1.807, 2.05) is 0 Å². The molecule has 0 saturated carbocycles. The number of rotatable bonds is 6. The number of nitrogens with one attached hydrogen (secondary N) is 2. The van der Waals surface area contributed by atoms with Crippen LogP contribution in [0.1, 0.15) is 32.8 Å². The van der Waals surface area contributed by atoms with Crippen LogP contribution in [0.2, 0.25) is 0 Å². The van der Waals surface area contributed by atoms with E-state index in [0.29, 0.717) is 5.92 Å². The van der Waals surface area contributed by atoms with Crippen LogP contribution < -0.4 is 15.5 Å². The van der Waals surface area contributed by atoms with Crippen LogP contribution >= 0.6 is 0 Å². The van der Waals surface area contributed by atoms with Gasteiger partial charge in [0.25, 0.3) is 0 Å². The first-order chi connectivity index (χ1) is 10.1. The number of carbonyl (C=O) groups is 1. The predicted molar refractivity (Wildman–Crippen MR) is 87.4 cm³/mol. The molecular weight excluding hydrogens is 262 g/mol. The fourth-order valence-electron chi connectivity index (χ4n) is 2.74. The zero-order valence-corrected chi connectivity index (χ0v) is 13.4. The van der Waals surface area contributed by atoms with E-state index < -0.39 is 0 Å². The first-order valence-corrected chi connectivity index (χ1v) is 7.95. The number of carbonyl (C=O) groups excluding carboxylic acids is 1. The smallest absolute Gasteiger partial charge is 0.242 e. The summed E-state index contributed by atoms with van der Waals surface area (Å²) in [4.78, 5) is 14.1. The molecule has 1 saturated heterocycles. The van der Waals surface area contributed by atoms with Crippen LogP contribution in [0, 0.1) is 5.92 Å². The van der Waals surface area contributed by atoms with Gasteiger partial charge in [-0.25, -0.2) is 0 Å². The first-order valence-electron chi connectivity index (χ1n) is 7.95. The Labute approximate surface area is 127 Å². The van der Waals surface area contributed by atoms with Crippen molar-refractivity contribution < 1.29 is 4.79 Å². The van der Waals surface area contributed by atoms with Crippen molar-refractivity contribution in [2.75, 3.05) is 24.5 Å². The molecule has 0 spiro atoms. The Morgan fingerprint density at radius 2 is 2.05 bits per heavy atom.